The topological polar surface area (TPSA) is 85.0 Å². The van der Waals surface area contributed by atoms with Crippen molar-refractivity contribution >= 4 is 22.8 Å². The van der Waals surface area contributed by atoms with Crippen molar-refractivity contribution in [1.82, 2.24) is 19.9 Å². The first-order valence-corrected chi connectivity index (χ1v) is 11.1. The quantitative estimate of drug-likeness (QED) is 0.509. The molecular formula is C26H24FN5O. The van der Waals surface area contributed by atoms with Gasteiger partial charge in [-0.05, 0) is 42.7 Å². The number of benzene rings is 2. The summed E-state index contributed by atoms with van der Waals surface area (Å²) in [6, 6.07) is 19.7. The zero-order valence-corrected chi connectivity index (χ0v) is 18.1. The molecule has 4 aromatic rings. The van der Waals surface area contributed by atoms with Gasteiger partial charge in [-0.3, -0.25) is 4.79 Å². The Labute approximate surface area is 191 Å². The van der Waals surface area contributed by atoms with E-state index in [4.69, 9.17) is 10.7 Å². The number of amides is 1. The van der Waals surface area contributed by atoms with Crippen LogP contribution in [0.3, 0.4) is 0 Å². The second-order valence-corrected chi connectivity index (χ2v) is 8.39. The Morgan fingerprint density at radius 2 is 1.79 bits per heavy atom. The molecule has 2 aromatic heterocycles. The maximum atomic E-state index is 13.2. The van der Waals surface area contributed by atoms with Crippen LogP contribution in [0.15, 0.2) is 66.7 Å². The van der Waals surface area contributed by atoms with Crippen LogP contribution in [0, 0.1) is 5.82 Å². The van der Waals surface area contributed by atoms with E-state index in [1.54, 1.807) is 12.1 Å². The highest BCUT2D eigenvalue weighted by Crippen LogP contribution is 2.29. The summed E-state index contributed by atoms with van der Waals surface area (Å²) in [5.74, 6) is 0.816. The van der Waals surface area contributed by atoms with Crippen LogP contribution >= 0.6 is 0 Å². The van der Waals surface area contributed by atoms with E-state index in [1.807, 2.05) is 47.4 Å². The van der Waals surface area contributed by atoms with E-state index < -0.39 is 0 Å². The number of likely N-dealkylation sites (tertiary alicyclic amines) is 1. The predicted molar refractivity (Wildman–Crippen MR) is 126 cm³/mol. The van der Waals surface area contributed by atoms with Crippen LogP contribution in [0.25, 0.3) is 22.4 Å². The molecule has 1 atom stereocenters. The van der Waals surface area contributed by atoms with Gasteiger partial charge in [-0.1, -0.05) is 42.5 Å². The molecule has 0 radical (unpaired) electrons. The Kier molecular flexibility index (Phi) is 5.69. The van der Waals surface area contributed by atoms with Gasteiger partial charge in [0.2, 0.25) is 5.91 Å². The highest BCUT2D eigenvalue weighted by Gasteiger charge is 2.26. The number of hydrogen-bond donors (Lipinski definition) is 1. The zero-order chi connectivity index (χ0) is 22.8. The summed E-state index contributed by atoms with van der Waals surface area (Å²) < 4.78 is 13.2. The van der Waals surface area contributed by atoms with Crippen molar-refractivity contribution in [3.63, 3.8) is 0 Å². The van der Waals surface area contributed by atoms with Crippen LogP contribution in [0.5, 0.6) is 0 Å². The van der Waals surface area contributed by atoms with E-state index >= 15 is 0 Å². The summed E-state index contributed by atoms with van der Waals surface area (Å²) in [5, 5.41) is 0.721. The molecule has 1 aliphatic heterocycles. The number of aromatic nitrogens is 3. The van der Waals surface area contributed by atoms with Crippen molar-refractivity contribution in [1.29, 1.82) is 0 Å². The van der Waals surface area contributed by atoms with Crippen molar-refractivity contribution < 1.29 is 9.18 Å². The van der Waals surface area contributed by atoms with E-state index in [2.05, 4.69) is 9.97 Å². The molecule has 1 amide bonds. The molecule has 2 N–H and O–H groups in total. The SMILES string of the molecule is Nc1nc(-c2ccccc2)nc2nc(C3CCCN(C(=O)Cc4ccc(F)cc4)C3)ccc12. The van der Waals surface area contributed by atoms with Crippen LogP contribution in [-0.4, -0.2) is 38.8 Å². The molecule has 1 aliphatic rings. The minimum atomic E-state index is -0.300. The first-order chi connectivity index (χ1) is 16.1. The molecule has 0 spiro atoms. The summed E-state index contributed by atoms with van der Waals surface area (Å²) in [6.45, 7) is 1.32. The fourth-order valence-electron chi connectivity index (χ4n) is 4.33. The van der Waals surface area contributed by atoms with E-state index in [1.165, 1.54) is 12.1 Å². The third-order valence-corrected chi connectivity index (χ3v) is 6.10. The Bertz CT molecular complexity index is 1290. The number of nitrogens with two attached hydrogens (primary N) is 1. The van der Waals surface area contributed by atoms with Crippen LogP contribution in [0.2, 0.25) is 0 Å². The summed E-state index contributed by atoms with van der Waals surface area (Å²) in [7, 11) is 0. The first kappa shape index (κ1) is 21.0. The molecule has 5 rings (SSSR count). The highest BCUT2D eigenvalue weighted by molar-refractivity contribution is 5.87. The number of fused-ring (bicyclic) bond motifs is 1. The summed E-state index contributed by atoms with van der Waals surface area (Å²) in [5.41, 5.74) is 9.36. The number of anilines is 1. The molecule has 7 heteroatoms. The smallest absolute Gasteiger partial charge is 0.227 e. The number of halogens is 1. The number of hydrogen-bond acceptors (Lipinski definition) is 5. The summed E-state index contributed by atoms with van der Waals surface area (Å²) in [6.07, 6.45) is 2.12. The standard InChI is InChI=1S/C26H24FN5O/c27-20-10-8-17(9-11-20)15-23(33)32-14-4-7-19(16-32)22-13-12-21-24(28)30-25(31-26(21)29-22)18-5-2-1-3-6-18/h1-3,5-6,8-13,19H,4,7,14-16H2,(H2,28,29,30,31). The van der Waals surface area contributed by atoms with Gasteiger partial charge in [0, 0.05) is 30.3 Å². The van der Waals surface area contributed by atoms with Crippen LogP contribution < -0.4 is 5.73 Å². The van der Waals surface area contributed by atoms with Crippen molar-refractivity contribution in [2.45, 2.75) is 25.2 Å². The lowest BCUT2D eigenvalue weighted by Crippen LogP contribution is -2.40. The van der Waals surface area contributed by atoms with Gasteiger partial charge in [0.05, 0.1) is 11.8 Å². The number of rotatable bonds is 4. The van der Waals surface area contributed by atoms with Gasteiger partial charge >= 0.3 is 0 Å². The van der Waals surface area contributed by atoms with E-state index in [9.17, 15) is 9.18 Å². The van der Waals surface area contributed by atoms with Crippen molar-refractivity contribution in [3.8, 4) is 11.4 Å². The normalized spacial score (nSPS) is 16.2. The van der Waals surface area contributed by atoms with Gasteiger partial charge in [-0.25, -0.2) is 19.3 Å². The number of carbonyl (C=O) groups is 1. The van der Waals surface area contributed by atoms with Crippen LogP contribution in [0.4, 0.5) is 10.2 Å². The van der Waals surface area contributed by atoms with Gasteiger partial charge < -0.3 is 10.6 Å². The molecule has 33 heavy (non-hydrogen) atoms. The number of piperidine rings is 1. The number of pyridine rings is 1. The Balaban J connectivity index is 1.37. The third kappa shape index (κ3) is 4.53. The van der Waals surface area contributed by atoms with E-state index in [-0.39, 0.29) is 24.1 Å². The minimum Gasteiger partial charge on any atom is -0.383 e. The zero-order valence-electron chi connectivity index (χ0n) is 18.1. The van der Waals surface area contributed by atoms with Gasteiger partial charge in [0.15, 0.2) is 11.5 Å². The molecule has 1 fully saturated rings. The lowest BCUT2D eigenvalue weighted by atomic mass is 9.93. The van der Waals surface area contributed by atoms with Gasteiger partial charge in [0.25, 0.3) is 0 Å². The Morgan fingerprint density at radius 1 is 1.00 bits per heavy atom. The molecule has 0 saturated carbocycles. The molecule has 1 unspecified atom stereocenters. The average Bonchev–Trinajstić information content (AvgIpc) is 2.85. The number of carbonyl (C=O) groups excluding carboxylic acids is 1. The molecular weight excluding hydrogens is 417 g/mol. The largest absolute Gasteiger partial charge is 0.383 e. The summed E-state index contributed by atoms with van der Waals surface area (Å²) in [4.78, 5) is 28.7. The van der Waals surface area contributed by atoms with Crippen molar-refractivity contribution in [2.75, 3.05) is 18.8 Å². The fraction of sp³-hybridized carbons (Fsp3) is 0.231. The lowest BCUT2D eigenvalue weighted by molar-refractivity contribution is -0.131. The van der Waals surface area contributed by atoms with Gasteiger partial charge in [-0.15, -0.1) is 0 Å². The molecule has 166 valence electrons. The van der Waals surface area contributed by atoms with Gasteiger partial charge in [0.1, 0.15) is 11.6 Å². The molecule has 0 aliphatic carbocycles. The van der Waals surface area contributed by atoms with Gasteiger partial charge in [-0.2, -0.15) is 0 Å². The average molecular weight is 442 g/mol. The maximum absolute atomic E-state index is 13.2. The van der Waals surface area contributed by atoms with Crippen molar-refractivity contribution in [3.05, 3.63) is 83.8 Å². The molecule has 6 nitrogen and oxygen atoms in total. The van der Waals surface area contributed by atoms with Crippen LogP contribution in [0.1, 0.15) is 30.0 Å². The van der Waals surface area contributed by atoms with Crippen LogP contribution in [-0.2, 0) is 11.2 Å². The van der Waals surface area contributed by atoms with Crippen molar-refractivity contribution in [2.24, 2.45) is 0 Å². The highest BCUT2D eigenvalue weighted by atomic mass is 19.1. The monoisotopic (exact) mass is 441 g/mol. The second-order valence-electron chi connectivity index (χ2n) is 8.39. The first-order valence-electron chi connectivity index (χ1n) is 11.1. The lowest BCUT2D eigenvalue weighted by Gasteiger charge is -2.32. The number of nitrogen functional groups attached to an aromatic ring is 1. The predicted octanol–water partition coefficient (Wildman–Crippen LogP) is 4.36. The van der Waals surface area contributed by atoms with E-state index in [0.717, 1.165) is 41.6 Å². The molecule has 3 heterocycles. The summed E-state index contributed by atoms with van der Waals surface area (Å²) >= 11 is 0. The fourth-order valence-corrected chi connectivity index (χ4v) is 4.33. The second kappa shape index (κ2) is 8.94. The number of nitrogens with zero attached hydrogens (tertiary/aromatic N) is 4. The maximum Gasteiger partial charge on any atom is 0.227 e. The molecule has 1 saturated heterocycles. The third-order valence-electron chi connectivity index (χ3n) is 6.10. The minimum absolute atomic E-state index is 0.0463. The Morgan fingerprint density at radius 3 is 2.58 bits per heavy atom. The molecule has 2 aromatic carbocycles. The molecule has 0 bridgehead atoms. The Hall–Kier alpha value is -3.87. The van der Waals surface area contributed by atoms with E-state index in [0.29, 0.717) is 23.8 Å².